The van der Waals surface area contributed by atoms with Crippen molar-refractivity contribution < 1.29 is 9.59 Å². The highest BCUT2D eigenvalue weighted by Gasteiger charge is 2.28. The SMILES string of the molecule is Cc1cscc1C(N)c1ccc2c(c1)C(=O)N(C)C(=O)C2. The molecule has 0 bridgehead atoms. The van der Waals surface area contributed by atoms with Crippen LogP contribution in [0.5, 0.6) is 0 Å². The number of nitrogens with two attached hydrogens (primary N) is 1. The molecule has 0 aliphatic carbocycles. The van der Waals surface area contributed by atoms with Gasteiger partial charge in [0.15, 0.2) is 0 Å². The molecule has 2 aromatic rings. The smallest absolute Gasteiger partial charge is 0.260 e. The fraction of sp³-hybridized carbons (Fsp3) is 0.250. The van der Waals surface area contributed by atoms with Gasteiger partial charge in [-0.05, 0) is 46.0 Å². The molecule has 1 aliphatic rings. The van der Waals surface area contributed by atoms with Gasteiger partial charge in [-0.3, -0.25) is 14.5 Å². The van der Waals surface area contributed by atoms with E-state index in [4.69, 9.17) is 5.73 Å². The van der Waals surface area contributed by atoms with Gasteiger partial charge in [0, 0.05) is 12.6 Å². The molecule has 21 heavy (non-hydrogen) atoms. The van der Waals surface area contributed by atoms with Crippen molar-refractivity contribution in [3.05, 3.63) is 56.8 Å². The van der Waals surface area contributed by atoms with Crippen molar-refractivity contribution in [2.45, 2.75) is 19.4 Å². The molecule has 1 atom stereocenters. The molecule has 0 spiro atoms. The minimum Gasteiger partial charge on any atom is -0.320 e. The normalized spacial score (nSPS) is 16.0. The summed E-state index contributed by atoms with van der Waals surface area (Å²) in [7, 11) is 1.52. The van der Waals surface area contributed by atoms with E-state index in [1.165, 1.54) is 11.9 Å². The lowest BCUT2D eigenvalue weighted by Crippen LogP contribution is -2.39. The van der Waals surface area contributed by atoms with Crippen LogP contribution >= 0.6 is 11.3 Å². The third-order valence-corrected chi connectivity index (χ3v) is 4.85. The quantitative estimate of drug-likeness (QED) is 0.865. The summed E-state index contributed by atoms with van der Waals surface area (Å²) in [5.74, 6) is -0.421. The molecule has 1 aromatic heterocycles. The van der Waals surface area contributed by atoms with E-state index in [2.05, 4.69) is 5.38 Å². The van der Waals surface area contributed by atoms with E-state index in [0.717, 1.165) is 22.3 Å². The van der Waals surface area contributed by atoms with Gasteiger partial charge in [0.1, 0.15) is 0 Å². The molecule has 0 saturated heterocycles. The van der Waals surface area contributed by atoms with Gasteiger partial charge in [-0.2, -0.15) is 11.3 Å². The molecule has 1 aromatic carbocycles. The number of benzene rings is 1. The first-order valence-electron chi connectivity index (χ1n) is 6.71. The maximum absolute atomic E-state index is 12.2. The highest BCUT2D eigenvalue weighted by molar-refractivity contribution is 7.08. The van der Waals surface area contributed by atoms with Crippen LogP contribution in [0.3, 0.4) is 0 Å². The molecule has 1 aliphatic heterocycles. The topological polar surface area (TPSA) is 63.4 Å². The minimum absolute atomic E-state index is 0.168. The number of rotatable bonds is 2. The zero-order chi connectivity index (χ0) is 15.1. The van der Waals surface area contributed by atoms with Gasteiger partial charge in [0.2, 0.25) is 5.91 Å². The Hall–Kier alpha value is -1.98. The highest BCUT2D eigenvalue weighted by atomic mass is 32.1. The van der Waals surface area contributed by atoms with Crippen LogP contribution in [0.15, 0.2) is 29.0 Å². The average molecular weight is 300 g/mol. The Bertz CT molecular complexity index is 736. The van der Waals surface area contributed by atoms with Crippen LogP contribution in [0, 0.1) is 6.92 Å². The number of aryl methyl sites for hydroxylation is 1. The standard InChI is InChI=1S/C16H16N2O2S/c1-9-7-21-8-13(9)15(17)11-4-3-10-6-14(19)18(2)16(20)12(10)5-11/h3-5,7-8,15H,6,17H2,1-2H3. The fourth-order valence-electron chi connectivity index (χ4n) is 2.58. The number of hydrogen-bond acceptors (Lipinski definition) is 4. The zero-order valence-electron chi connectivity index (χ0n) is 11.9. The number of imide groups is 1. The first kappa shape index (κ1) is 14.0. The Balaban J connectivity index is 2.02. The number of amides is 2. The van der Waals surface area contributed by atoms with Gasteiger partial charge >= 0.3 is 0 Å². The van der Waals surface area contributed by atoms with Crippen molar-refractivity contribution in [2.24, 2.45) is 5.73 Å². The number of carbonyl (C=O) groups is 2. The van der Waals surface area contributed by atoms with E-state index in [1.54, 1.807) is 11.3 Å². The van der Waals surface area contributed by atoms with Crippen molar-refractivity contribution in [1.29, 1.82) is 0 Å². The van der Waals surface area contributed by atoms with E-state index in [-0.39, 0.29) is 24.3 Å². The van der Waals surface area contributed by atoms with Gasteiger partial charge in [-0.25, -0.2) is 0 Å². The second-order valence-electron chi connectivity index (χ2n) is 5.34. The summed E-state index contributed by atoms with van der Waals surface area (Å²) in [5.41, 5.74) is 10.8. The number of likely N-dealkylation sites (N-methyl/N-ethyl adjacent to an activating group) is 1. The summed E-state index contributed by atoms with van der Waals surface area (Å²) in [4.78, 5) is 25.1. The van der Waals surface area contributed by atoms with Crippen LogP contribution in [-0.4, -0.2) is 23.8 Å². The molecule has 4 nitrogen and oxygen atoms in total. The molecule has 108 valence electrons. The summed E-state index contributed by atoms with van der Waals surface area (Å²) in [6, 6.07) is 5.32. The van der Waals surface area contributed by atoms with E-state index < -0.39 is 0 Å². The number of hydrogen-bond donors (Lipinski definition) is 1. The van der Waals surface area contributed by atoms with Gasteiger partial charge in [0.05, 0.1) is 12.5 Å². The second-order valence-corrected chi connectivity index (χ2v) is 6.08. The second kappa shape index (κ2) is 5.09. The van der Waals surface area contributed by atoms with Gasteiger partial charge in [-0.15, -0.1) is 0 Å². The predicted molar refractivity (Wildman–Crippen MR) is 82.3 cm³/mol. The number of fused-ring (bicyclic) bond motifs is 1. The van der Waals surface area contributed by atoms with Crippen molar-refractivity contribution in [3.8, 4) is 0 Å². The van der Waals surface area contributed by atoms with Crippen LogP contribution in [0.25, 0.3) is 0 Å². The molecule has 5 heteroatoms. The number of thiophene rings is 1. The zero-order valence-corrected chi connectivity index (χ0v) is 12.7. The monoisotopic (exact) mass is 300 g/mol. The Morgan fingerprint density at radius 1 is 1.29 bits per heavy atom. The third kappa shape index (κ3) is 2.28. The maximum Gasteiger partial charge on any atom is 0.260 e. The van der Waals surface area contributed by atoms with Gasteiger partial charge in [0.25, 0.3) is 5.91 Å². The van der Waals surface area contributed by atoms with E-state index in [0.29, 0.717) is 5.56 Å². The molecule has 2 amide bonds. The molecule has 2 heterocycles. The molecule has 3 rings (SSSR count). The summed E-state index contributed by atoms with van der Waals surface area (Å²) < 4.78 is 0. The van der Waals surface area contributed by atoms with E-state index >= 15 is 0 Å². The lowest BCUT2D eigenvalue weighted by molar-refractivity contribution is -0.127. The first-order valence-corrected chi connectivity index (χ1v) is 7.65. The Morgan fingerprint density at radius 2 is 2.05 bits per heavy atom. The van der Waals surface area contributed by atoms with Crippen molar-refractivity contribution in [3.63, 3.8) is 0 Å². The van der Waals surface area contributed by atoms with Crippen LogP contribution in [-0.2, 0) is 11.2 Å². The summed E-state index contributed by atoms with van der Waals surface area (Å²) in [5, 5.41) is 4.10. The van der Waals surface area contributed by atoms with E-state index in [9.17, 15) is 9.59 Å². The molecular formula is C16H16N2O2S. The largest absolute Gasteiger partial charge is 0.320 e. The highest BCUT2D eigenvalue weighted by Crippen LogP contribution is 2.28. The molecule has 0 saturated carbocycles. The maximum atomic E-state index is 12.2. The summed E-state index contributed by atoms with van der Waals surface area (Å²) in [6.07, 6.45) is 0.268. The third-order valence-electron chi connectivity index (χ3n) is 3.97. The molecular weight excluding hydrogens is 284 g/mol. The Morgan fingerprint density at radius 3 is 2.71 bits per heavy atom. The van der Waals surface area contributed by atoms with Crippen LogP contribution in [0.1, 0.15) is 38.7 Å². The van der Waals surface area contributed by atoms with Crippen molar-refractivity contribution >= 4 is 23.2 Å². The fourth-order valence-corrected chi connectivity index (χ4v) is 3.47. The predicted octanol–water partition coefficient (Wildman–Crippen LogP) is 2.26. The Labute approximate surface area is 127 Å². The van der Waals surface area contributed by atoms with E-state index in [1.807, 2.05) is 30.5 Å². The van der Waals surface area contributed by atoms with Crippen LogP contribution in [0.4, 0.5) is 0 Å². The first-order chi connectivity index (χ1) is 9.99. The number of carbonyl (C=O) groups excluding carboxylic acids is 2. The number of nitrogens with zero attached hydrogens (tertiary/aromatic N) is 1. The van der Waals surface area contributed by atoms with Crippen LogP contribution < -0.4 is 5.73 Å². The molecule has 0 fully saturated rings. The lowest BCUT2D eigenvalue weighted by atomic mass is 9.92. The average Bonchev–Trinajstić information content (AvgIpc) is 2.90. The molecule has 0 radical (unpaired) electrons. The van der Waals surface area contributed by atoms with Gasteiger partial charge < -0.3 is 5.73 Å². The van der Waals surface area contributed by atoms with Crippen LogP contribution in [0.2, 0.25) is 0 Å². The molecule has 2 N–H and O–H groups in total. The lowest BCUT2D eigenvalue weighted by Gasteiger charge is -2.24. The summed E-state index contributed by atoms with van der Waals surface area (Å²) >= 11 is 1.62. The van der Waals surface area contributed by atoms with Crippen molar-refractivity contribution in [1.82, 2.24) is 4.90 Å². The van der Waals surface area contributed by atoms with Crippen molar-refractivity contribution in [2.75, 3.05) is 7.05 Å². The van der Waals surface area contributed by atoms with Gasteiger partial charge in [-0.1, -0.05) is 12.1 Å². The Kier molecular flexibility index (Phi) is 3.39. The minimum atomic E-state index is -0.253. The molecule has 1 unspecified atom stereocenters. The summed E-state index contributed by atoms with van der Waals surface area (Å²) in [6.45, 7) is 2.03.